The van der Waals surface area contributed by atoms with Crippen LogP contribution in [-0.4, -0.2) is 40.3 Å². The monoisotopic (exact) mass is 432 g/mol. The van der Waals surface area contributed by atoms with Gasteiger partial charge in [0, 0.05) is 5.02 Å². The van der Waals surface area contributed by atoms with Crippen molar-refractivity contribution in [3.8, 4) is 5.75 Å². The van der Waals surface area contributed by atoms with Crippen molar-refractivity contribution in [2.75, 3.05) is 30.3 Å². The summed E-state index contributed by atoms with van der Waals surface area (Å²) >= 11 is 5.84. The molecule has 0 aliphatic heterocycles. The third-order valence-electron chi connectivity index (χ3n) is 4.22. The zero-order valence-corrected chi connectivity index (χ0v) is 17.4. The molecule has 0 unspecified atom stereocenters. The smallest absolute Gasteiger partial charge is 0.240 e. The van der Waals surface area contributed by atoms with Gasteiger partial charge in [-0.2, -0.15) is 0 Å². The molecule has 3 aromatic carbocycles. The number of benzene rings is 3. The van der Waals surface area contributed by atoms with Crippen LogP contribution in [0.1, 0.15) is 0 Å². The van der Waals surface area contributed by atoms with Gasteiger partial charge in [0.15, 0.2) is 0 Å². The van der Waals surface area contributed by atoms with Crippen LogP contribution in [0.25, 0.3) is 10.8 Å². The summed E-state index contributed by atoms with van der Waals surface area (Å²) in [5, 5.41) is 5.35. The third-order valence-corrected chi connectivity index (χ3v) is 5.61. The van der Waals surface area contributed by atoms with Crippen LogP contribution in [0.5, 0.6) is 5.75 Å². The highest BCUT2D eigenvalue weighted by Gasteiger charge is 2.20. The second kappa shape index (κ2) is 9.15. The Hall–Kier alpha value is -2.77. The molecule has 0 saturated carbocycles. The molecule has 0 bridgehead atoms. The molecule has 0 fully saturated rings. The average Bonchev–Trinajstić information content (AvgIpc) is 2.69. The number of nitrogens with zero attached hydrogens (tertiary/aromatic N) is 1. The van der Waals surface area contributed by atoms with Crippen molar-refractivity contribution in [2.45, 2.75) is 0 Å². The highest BCUT2D eigenvalue weighted by Crippen LogP contribution is 2.21. The first-order chi connectivity index (χ1) is 13.8. The zero-order valence-electron chi connectivity index (χ0n) is 15.8. The number of halogens is 1. The Bertz CT molecular complexity index is 1100. The Balaban J connectivity index is 1.53. The van der Waals surface area contributed by atoms with E-state index in [0.717, 1.165) is 21.3 Å². The number of ether oxygens (including phenoxy) is 1. The molecule has 8 heteroatoms. The second-order valence-electron chi connectivity index (χ2n) is 6.45. The summed E-state index contributed by atoms with van der Waals surface area (Å²) in [6.07, 6.45) is 1.05. The van der Waals surface area contributed by atoms with Gasteiger partial charge in [-0.05, 0) is 47.2 Å². The predicted octanol–water partition coefficient (Wildman–Crippen LogP) is 3.45. The number of rotatable bonds is 8. The molecular weight excluding hydrogens is 412 g/mol. The molecule has 6 nitrogen and oxygen atoms in total. The average molecular weight is 433 g/mol. The van der Waals surface area contributed by atoms with Crippen LogP contribution < -0.4 is 14.4 Å². The molecule has 29 heavy (non-hydrogen) atoms. The number of anilines is 1. The van der Waals surface area contributed by atoms with Crippen molar-refractivity contribution in [3.63, 3.8) is 0 Å². The first kappa shape index (κ1) is 21.0. The Morgan fingerprint density at radius 2 is 1.72 bits per heavy atom. The maximum Gasteiger partial charge on any atom is 0.240 e. The summed E-state index contributed by atoms with van der Waals surface area (Å²) < 4.78 is 30.8. The van der Waals surface area contributed by atoms with E-state index in [1.54, 1.807) is 24.3 Å². The summed E-state index contributed by atoms with van der Waals surface area (Å²) in [7, 11) is -3.62. The fourth-order valence-electron chi connectivity index (χ4n) is 2.81. The SMILES string of the molecule is CS(=O)(=O)N(CC(=O)NCCOc1ccc2ccccc2c1)c1ccc(Cl)cc1. The van der Waals surface area contributed by atoms with E-state index in [1.165, 1.54) is 0 Å². The van der Waals surface area contributed by atoms with Gasteiger partial charge in [0.1, 0.15) is 18.9 Å². The minimum atomic E-state index is -3.62. The first-order valence-electron chi connectivity index (χ1n) is 8.94. The maximum atomic E-state index is 12.2. The van der Waals surface area contributed by atoms with E-state index < -0.39 is 15.9 Å². The van der Waals surface area contributed by atoms with Gasteiger partial charge in [0.25, 0.3) is 0 Å². The zero-order chi connectivity index (χ0) is 20.9. The van der Waals surface area contributed by atoms with Gasteiger partial charge in [0.2, 0.25) is 15.9 Å². The summed E-state index contributed by atoms with van der Waals surface area (Å²) in [4.78, 5) is 12.2. The van der Waals surface area contributed by atoms with Crippen LogP contribution in [0.4, 0.5) is 5.69 Å². The molecule has 0 saturated heterocycles. The van der Waals surface area contributed by atoms with Crippen LogP contribution >= 0.6 is 11.6 Å². The molecule has 0 aliphatic carbocycles. The number of fused-ring (bicyclic) bond motifs is 1. The van der Waals surface area contributed by atoms with E-state index in [1.807, 2.05) is 42.5 Å². The molecule has 1 N–H and O–H groups in total. The van der Waals surface area contributed by atoms with Gasteiger partial charge in [-0.3, -0.25) is 9.10 Å². The summed E-state index contributed by atoms with van der Waals surface area (Å²) in [5.41, 5.74) is 0.375. The van der Waals surface area contributed by atoms with Gasteiger partial charge in [-0.15, -0.1) is 0 Å². The number of nitrogens with one attached hydrogen (secondary N) is 1. The quantitative estimate of drug-likeness (QED) is 0.553. The Morgan fingerprint density at radius 1 is 1.03 bits per heavy atom. The lowest BCUT2D eigenvalue weighted by molar-refractivity contribution is -0.119. The van der Waals surface area contributed by atoms with Gasteiger partial charge < -0.3 is 10.1 Å². The van der Waals surface area contributed by atoms with Gasteiger partial charge in [0.05, 0.1) is 18.5 Å². The van der Waals surface area contributed by atoms with E-state index >= 15 is 0 Å². The molecule has 0 aliphatic rings. The van der Waals surface area contributed by atoms with Crippen molar-refractivity contribution in [2.24, 2.45) is 0 Å². The van der Waals surface area contributed by atoms with Crippen molar-refractivity contribution < 1.29 is 17.9 Å². The molecule has 3 aromatic rings. The highest BCUT2D eigenvalue weighted by atomic mass is 35.5. The molecule has 3 rings (SSSR count). The predicted molar refractivity (Wildman–Crippen MR) is 116 cm³/mol. The van der Waals surface area contributed by atoms with E-state index in [0.29, 0.717) is 16.5 Å². The highest BCUT2D eigenvalue weighted by molar-refractivity contribution is 7.92. The lowest BCUT2D eigenvalue weighted by Gasteiger charge is -2.22. The van der Waals surface area contributed by atoms with Gasteiger partial charge in [-0.25, -0.2) is 8.42 Å². The Labute approximate surface area is 175 Å². The van der Waals surface area contributed by atoms with E-state index in [4.69, 9.17) is 16.3 Å². The molecule has 1 amide bonds. The van der Waals surface area contributed by atoms with Crippen LogP contribution in [0.3, 0.4) is 0 Å². The van der Waals surface area contributed by atoms with Crippen LogP contribution in [-0.2, 0) is 14.8 Å². The molecule has 0 atom stereocenters. The fraction of sp³-hybridized carbons (Fsp3) is 0.190. The first-order valence-corrected chi connectivity index (χ1v) is 11.2. The van der Waals surface area contributed by atoms with Crippen LogP contribution in [0.2, 0.25) is 5.02 Å². The normalized spacial score (nSPS) is 11.2. The fourth-order valence-corrected chi connectivity index (χ4v) is 3.79. The molecule has 0 heterocycles. The van der Waals surface area contributed by atoms with Crippen molar-refractivity contribution in [1.82, 2.24) is 5.32 Å². The van der Waals surface area contributed by atoms with Crippen molar-refractivity contribution in [1.29, 1.82) is 0 Å². The van der Waals surface area contributed by atoms with Crippen molar-refractivity contribution >= 4 is 44.0 Å². The molecule has 0 spiro atoms. The minimum absolute atomic E-state index is 0.254. The largest absolute Gasteiger partial charge is 0.492 e. The molecule has 0 aromatic heterocycles. The number of hydrogen-bond acceptors (Lipinski definition) is 4. The van der Waals surface area contributed by atoms with E-state index in [2.05, 4.69) is 5.32 Å². The number of hydrogen-bond donors (Lipinski definition) is 1. The van der Waals surface area contributed by atoms with Gasteiger partial charge >= 0.3 is 0 Å². The molecule has 152 valence electrons. The maximum absolute atomic E-state index is 12.2. The Morgan fingerprint density at radius 3 is 2.41 bits per heavy atom. The summed E-state index contributed by atoms with van der Waals surface area (Å²) in [6.45, 7) is 0.199. The van der Waals surface area contributed by atoms with Gasteiger partial charge in [-0.1, -0.05) is 41.9 Å². The molecular formula is C21H21ClN2O4S. The van der Waals surface area contributed by atoms with Crippen molar-refractivity contribution in [3.05, 3.63) is 71.8 Å². The number of sulfonamides is 1. The molecule has 0 radical (unpaired) electrons. The lowest BCUT2D eigenvalue weighted by Crippen LogP contribution is -2.41. The summed E-state index contributed by atoms with van der Waals surface area (Å²) in [5.74, 6) is 0.282. The topological polar surface area (TPSA) is 75.7 Å². The number of amides is 1. The van der Waals surface area contributed by atoms with E-state index in [-0.39, 0.29) is 19.7 Å². The summed E-state index contributed by atoms with van der Waals surface area (Å²) in [6, 6.07) is 20.0. The number of carbonyl (C=O) groups is 1. The van der Waals surface area contributed by atoms with Crippen LogP contribution in [0, 0.1) is 0 Å². The van der Waals surface area contributed by atoms with E-state index in [9.17, 15) is 13.2 Å². The van der Waals surface area contributed by atoms with Crippen LogP contribution in [0.15, 0.2) is 66.7 Å². The minimum Gasteiger partial charge on any atom is -0.492 e. The third kappa shape index (κ3) is 5.85. The number of carbonyl (C=O) groups excluding carboxylic acids is 1. The lowest BCUT2D eigenvalue weighted by atomic mass is 10.1. The standard InChI is InChI=1S/C21H21ClN2O4S/c1-29(26,27)24(19-9-7-18(22)8-10-19)15-21(25)23-12-13-28-20-11-6-16-4-2-3-5-17(16)14-20/h2-11,14H,12-13,15H2,1H3,(H,23,25). The Kier molecular flexibility index (Phi) is 6.61. The second-order valence-corrected chi connectivity index (χ2v) is 8.80.